The Morgan fingerprint density at radius 3 is 2.36 bits per heavy atom. The zero-order valence-corrected chi connectivity index (χ0v) is 9.77. The zero-order valence-electron chi connectivity index (χ0n) is 8.77. The van der Waals surface area contributed by atoms with Crippen LogP contribution in [-0.4, -0.2) is 23.5 Å². The number of carbonyl (C=O) groups excluding carboxylic acids is 2. The van der Waals surface area contributed by atoms with Crippen molar-refractivity contribution in [3.8, 4) is 5.75 Å². The van der Waals surface area contributed by atoms with Crippen LogP contribution in [0.1, 0.15) is 1.43 Å². The maximum atomic E-state index is 10.8. The molecule has 0 unspecified atom stereocenters. The third kappa shape index (κ3) is 4.02. The molecular weight excluding hydrogens is 195 g/mol. The minimum Gasteiger partial charge on any atom is -1.00 e. The van der Waals surface area contributed by atoms with Gasteiger partial charge in [-0.2, -0.15) is 0 Å². The zero-order chi connectivity index (χ0) is 9.68. The number of benzene rings is 1. The van der Waals surface area contributed by atoms with Crippen molar-refractivity contribution in [2.75, 3.05) is 6.61 Å². The largest absolute Gasteiger partial charge is 1.00 e. The van der Waals surface area contributed by atoms with Crippen LogP contribution in [0, 0.1) is 0 Å². The van der Waals surface area contributed by atoms with Crippen LogP contribution in [0.3, 0.4) is 0 Å². The van der Waals surface area contributed by atoms with Crippen LogP contribution < -0.4 is 34.3 Å². The summed E-state index contributed by atoms with van der Waals surface area (Å²) in [5.41, 5.74) is 0. The van der Waals surface area contributed by atoms with Gasteiger partial charge in [-0.25, -0.2) is 4.79 Å². The van der Waals surface area contributed by atoms with Crippen LogP contribution in [-0.2, 0) is 9.59 Å². The summed E-state index contributed by atoms with van der Waals surface area (Å²) < 4.78 is 4.62. The molecule has 0 saturated heterocycles. The average Bonchev–Trinajstić information content (AvgIpc) is 2.18. The minimum absolute atomic E-state index is 0. The fourth-order valence-electron chi connectivity index (χ4n) is 0.717. The number of aliphatic hydroxyl groups excluding tert-OH is 1. The Morgan fingerprint density at radius 1 is 1.29 bits per heavy atom. The fourth-order valence-corrected chi connectivity index (χ4v) is 0.717. The summed E-state index contributed by atoms with van der Waals surface area (Å²) in [6.45, 7) is -0.828. The van der Waals surface area contributed by atoms with Crippen LogP contribution in [0.5, 0.6) is 5.75 Å². The Hall–Kier alpha value is -0.680. The van der Waals surface area contributed by atoms with E-state index in [1.165, 1.54) is 0 Å². The van der Waals surface area contributed by atoms with E-state index in [2.05, 4.69) is 4.74 Å². The number of Topliss-reactive ketones (excluding diaryl/α,β-unsaturated/α-hetero) is 1. The van der Waals surface area contributed by atoms with E-state index in [9.17, 15) is 9.59 Å². The predicted molar refractivity (Wildman–Crippen MR) is 45.3 cm³/mol. The minimum atomic E-state index is -1.05. The predicted octanol–water partition coefficient (Wildman–Crippen LogP) is -2.73. The van der Waals surface area contributed by atoms with E-state index in [1.54, 1.807) is 30.3 Å². The van der Waals surface area contributed by atoms with E-state index in [4.69, 9.17) is 5.11 Å². The van der Waals surface area contributed by atoms with Crippen molar-refractivity contribution in [2.24, 2.45) is 0 Å². The molecule has 0 aliphatic heterocycles. The van der Waals surface area contributed by atoms with Crippen molar-refractivity contribution in [1.29, 1.82) is 0 Å². The Labute approximate surface area is 105 Å². The summed E-state index contributed by atoms with van der Waals surface area (Å²) in [5, 5.41) is 8.33. The number of ketones is 1. The van der Waals surface area contributed by atoms with Crippen LogP contribution in [0.25, 0.3) is 0 Å². The maximum absolute atomic E-state index is 10.8. The Kier molecular flexibility index (Phi) is 6.40. The summed E-state index contributed by atoms with van der Waals surface area (Å²) in [7, 11) is 0. The van der Waals surface area contributed by atoms with Crippen molar-refractivity contribution in [3.05, 3.63) is 30.3 Å². The second-order valence-electron chi connectivity index (χ2n) is 2.28. The van der Waals surface area contributed by atoms with Gasteiger partial charge in [-0.15, -0.1) is 0 Å². The topological polar surface area (TPSA) is 63.6 Å². The van der Waals surface area contributed by atoms with E-state index in [0.29, 0.717) is 0 Å². The van der Waals surface area contributed by atoms with E-state index in [0.717, 1.165) is 0 Å². The summed E-state index contributed by atoms with van der Waals surface area (Å²) >= 11 is 0. The van der Waals surface area contributed by atoms with Gasteiger partial charge in [0.2, 0.25) is 0 Å². The van der Waals surface area contributed by atoms with Gasteiger partial charge in [-0.1, -0.05) is 18.2 Å². The molecule has 0 spiro atoms. The number of carbonyl (C=O) groups is 2. The van der Waals surface area contributed by atoms with E-state index in [-0.39, 0.29) is 36.7 Å². The first-order chi connectivity index (χ1) is 6.24. The molecule has 0 aliphatic carbocycles. The number of ether oxygens (including phenoxy) is 1. The molecule has 0 bridgehead atoms. The van der Waals surface area contributed by atoms with Gasteiger partial charge >= 0.3 is 35.5 Å². The molecule has 5 heteroatoms. The van der Waals surface area contributed by atoms with Crippen molar-refractivity contribution >= 4 is 11.8 Å². The van der Waals surface area contributed by atoms with Gasteiger partial charge in [-0.3, -0.25) is 4.79 Å². The summed E-state index contributed by atoms with van der Waals surface area (Å²) in [4.78, 5) is 21.4. The normalized spacial score (nSPS) is 8.64. The summed E-state index contributed by atoms with van der Waals surface area (Å²) in [5.74, 6) is -1.72. The SMILES string of the molecule is O=C(CO)C(=O)Oc1ccccc1.[H-].[Na+]. The number of esters is 1. The molecule has 0 aromatic heterocycles. The molecule has 0 amide bonds. The summed E-state index contributed by atoms with van der Waals surface area (Å²) in [6, 6.07) is 8.19. The van der Waals surface area contributed by atoms with Crippen molar-refractivity contribution in [2.45, 2.75) is 0 Å². The first-order valence-corrected chi connectivity index (χ1v) is 3.65. The monoisotopic (exact) mass is 204 g/mol. The standard InChI is InChI=1S/C9H8O4.Na.H/c10-6-8(11)9(12)13-7-4-2-1-3-5-7;;/h1-5,10H,6H2;;/q;+1;-1. The molecule has 4 nitrogen and oxygen atoms in total. The third-order valence-corrected chi connectivity index (χ3v) is 1.33. The average molecular weight is 204 g/mol. The van der Waals surface area contributed by atoms with Gasteiger partial charge in [0.25, 0.3) is 5.78 Å². The van der Waals surface area contributed by atoms with Crippen molar-refractivity contribution in [3.63, 3.8) is 0 Å². The maximum Gasteiger partial charge on any atom is 1.00 e. The number of rotatable bonds is 3. The van der Waals surface area contributed by atoms with Crippen molar-refractivity contribution in [1.82, 2.24) is 0 Å². The third-order valence-electron chi connectivity index (χ3n) is 1.33. The molecule has 0 saturated carbocycles. The van der Waals surface area contributed by atoms with E-state index < -0.39 is 18.4 Å². The van der Waals surface area contributed by atoms with E-state index in [1.807, 2.05) is 0 Å². The van der Waals surface area contributed by atoms with Gasteiger partial charge in [0.1, 0.15) is 12.4 Å². The number of aliphatic hydroxyl groups is 1. The number of hydrogen-bond acceptors (Lipinski definition) is 4. The first kappa shape index (κ1) is 13.3. The van der Waals surface area contributed by atoms with Crippen LogP contribution in [0.4, 0.5) is 0 Å². The van der Waals surface area contributed by atoms with Crippen LogP contribution in [0.15, 0.2) is 30.3 Å². The second-order valence-corrected chi connectivity index (χ2v) is 2.28. The molecule has 1 aromatic carbocycles. The number of para-hydroxylation sites is 1. The van der Waals surface area contributed by atoms with Gasteiger partial charge in [-0.05, 0) is 12.1 Å². The molecule has 0 atom stereocenters. The molecular formula is C9H9NaO4. The quantitative estimate of drug-likeness (QED) is 0.251. The Balaban J connectivity index is 0. The van der Waals surface area contributed by atoms with Crippen LogP contribution in [0.2, 0.25) is 0 Å². The Morgan fingerprint density at radius 2 is 1.86 bits per heavy atom. The molecule has 70 valence electrons. The van der Waals surface area contributed by atoms with E-state index >= 15 is 0 Å². The fraction of sp³-hybridized carbons (Fsp3) is 0.111. The molecule has 1 N–H and O–H groups in total. The van der Waals surface area contributed by atoms with Gasteiger partial charge in [0.15, 0.2) is 0 Å². The molecule has 0 radical (unpaired) electrons. The molecule has 1 rings (SSSR count). The molecule has 0 fully saturated rings. The van der Waals surface area contributed by atoms with Crippen molar-refractivity contribution < 1.29 is 50.4 Å². The molecule has 14 heavy (non-hydrogen) atoms. The Bertz CT molecular complexity index is 315. The summed E-state index contributed by atoms with van der Waals surface area (Å²) in [6.07, 6.45) is 0. The molecule has 0 aliphatic rings. The first-order valence-electron chi connectivity index (χ1n) is 3.65. The number of hydrogen-bond donors (Lipinski definition) is 1. The van der Waals surface area contributed by atoms with Crippen LogP contribution >= 0.6 is 0 Å². The smallest absolute Gasteiger partial charge is 1.00 e. The van der Waals surface area contributed by atoms with Gasteiger partial charge in [0, 0.05) is 0 Å². The van der Waals surface area contributed by atoms with Gasteiger partial charge in [0.05, 0.1) is 0 Å². The molecule has 0 heterocycles. The van der Waals surface area contributed by atoms with Gasteiger partial charge < -0.3 is 11.3 Å². The second kappa shape index (κ2) is 6.73. The molecule has 1 aromatic rings.